The van der Waals surface area contributed by atoms with E-state index in [1.165, 1.54) is 0 Å². The smallest absolute Gasteiger partial charge is 0.224 e. The van der Waals surface area contributed by atoms with E-state index in [1.54, 1.807) is 31.5 Å². The molecule has 0 spiro atoms. The lowest BCUT2D eigenvalue weighted by atomic mass is 9.93. The van der Waals surface area contributed by atoms with Crippen molar-refractivity contribution in [2.75, 3.05) is 20.2 Å². The summed E-state index contributed by atoms with van der Waals surface area (Å²) < 4.78 is 13.6. The molecule has 0 aliphatic carbocycles. The fourth-order valence-electron chi connectivity index (χ4n) is 5.18. The molecule has 1 aromatic heterocycles. The average molecular weight is 505 g/mol. The lowest BCUT2D eigenvalue weighted by Gasteiger charge is -2.21. The molecular formula is C28H32N4O5. The highest BCUT2D eigenvalue weighted by atomic mass is 16.5. The zero-order valence-corrected chi connectivity index (χ0v) is 21.1. The molecule has 3 heterocycles. The quantitative estimate of drug-likeness (QED) is 0.552. The van der Waals surface area contributed by atoms with Crippen molar-refractivity contribution in [3.05, 3.63) is 65.7 Å². The summed E-state index contributed by atoms with van der Waals surface area (Å²) in [6, 6.07) is 10.5. The van der Waals surface area contributed by atoms with E-state index in [0.717, 1.165) is 23.4 Å². The summed E-state index contributed by atoms with van der Waals surface area (Å²) in [5.41, 5.74) is 1.80. The lowest BCUT2D eigenvalue weighted by Crippen LogP contribution is -2.40. The second-order valence-electron chi connectivity index (χ2n) is 9.53. The van der Waals surface area contributed by atoms with E-state index >= 15 is 0 Å². The SMILES string of the molecule is CCc1nccn1CCC(=O)N1C[C@H]2NC(=O)CCc3ccc(O)c(c3)Oc3cc(ccc3OC)[C@@H]2C1. The highest BCUT2D eigenvalue weighted by Crippen LogP contribution is 2.40. The first-order valence-corrected chi connectivity index (χ1v) is 12.7. The third-order valence-electron chi connectivity index (χ3n) is 7.20. The number of likely N-dealkylation sites (tertiary alicyclic amines) is 1. The fraction of sp³-hybridized carbons (Fsp3) is 0.393. The van der Waals surface area contributed by atoms with Crippen molar-refractivity contribution in [2.24, 2.45) is 0 Å². The van der Waals surface area contributed by atoms with Gasteiger partial charge in [0.25, 0.3) is 0 Å². The number of carbonyl (C=O) groups is 2. The van der Waals surface area contributed by atoms with Gasteiger partial charge in [-0.25, -0.2) is 4.98 Å². The van der Waals surface area contributed by atoms with E-state index in [2.05, 4.69) is 10.3 Å². The van der Waals surface area contributed by atoms with Crippen molar-refractivity contribution < 1.29 is 24.2 Å². The normalized spacial score (nSPS) is 19.1. The molecular weight excluding hydrogens is 472 g/mol. The molecule has 4 bridgehead atoms. The number of nitrogens with one attached hydrogen (secondary N) is 1. The van der Waals surface area contributed by atoms with Gasteiger partial charge in [0.1, 0.15) is 5.82 Å². The van der Waals surface area contributed by atoms with Crippen LogP contribution in [0, 0.1) is 0 Å². The first-order valence-electron chi connectivity index (χ1n) is 12.7. The van der Waals surface area contributed by atoms with Gasteiger partial charge in [-0.1, -0.05) is 19.1 Å². The molecule has 37 heavy (non-hydrogen) atoms. The maximum Gasteiger partial charge on any atom is 0.224 e. The third kappa shape index (κ3) is 5.26. The topological polar surface area (TPSA) is 106 Å². The molecule has 9 nitrogen and oxygen atoms in total. The van der Waals surface area contributed by atoms with E-state index < -0.39 is 0 Å². The van der Waals surface area contributed by atoms with Gasteiger partial charge in [0.05, 0.1) is 13.2 Å². The first kappa shape index (κ1) is 24.7. The Morgan fingerprint density at radius 1 is 1.19 bits per heavy atom. The van der Waals surface area contributed by atoms with Gasteiger partial charge in [0, 0.05) is 57.2 Å². The second-order valence-corrected chi connectivity index (χ2v) is 9.53. The molecule has 1 saturated heterocycles. The van der Waals surface area contributed by atoms with Crippen LogP contribution in [0.25, 0.3) is 0 Å². The van der Waals surface area contributed by atoms with E-state index in [1.807, 2.05) is 40.8 Å². The van der Waals surface area contributed by atoms with E-state index in [-0.39, 0.29) is 29.5 Å². The molecule has 3 aromatic rings. The Balaban J connectivity index is 1.42. The van der Waals surface area contributed by atoms with Gasteiger partial charge < -0.3 is 29.4 Å². The zero-order valence-electron chi connectivity index (χ0n) is 21.1. The van der Waals surface area contributed by atoms with Gasteiger partial charge in [0.2, 0.25) is 11.8 Å². The highest BCUT2D eigenvalue weighted by Gasteiger charge is 2.37. The maximum atomic E-state index is 13.2. The Labute approximate surface area is 216 Å². The third-order valence-corrected chi connectivity index (χ3v) is 7.20. The Kier molecular flexibility index (Phi) is 7.03. The van der Waals surface area contributed by atoms with Crippen LogP contribution in [0.2, 0.25) is 0 Å². The number of nitrogens with zero attached hydrogens (tertiary/aromatic N) is 3. The van der Waals surface area contributed by atoms with Crippen LogP contribution in [0.5, 0.6) is 23.0 Å². The molecule has 1 fully saturated rings. The van der Waals surface area contributed by atoms with Gasteiger partial charge in [-0.05, 0) is 41.8 Å². The predicted molar refractivity (Wildman–Crippen MR) is 137 cm³/mol. The molecule has 2 atom stereocenters. The van der Waals surface area contributed by atoms with Crippen LogP contribution in [0.1, 0.15) is 42.6 Å². The monoisotopic (exact) mass is 504 g/mol. The van der Waals surface area contributed by atoms with Crippen molar-refractivity contribution in [1.82, 2.24) is 19.8 Å². The number of amides is 2. The van der Waals surface area contributed by atoms with Gasteiger partial charge in [-0.2, -0.15) is 0 Å². The number of benzene rings is 2. The van der Waals surface area contributed by atoms with Gasteiger partial charge in [-0.15, -0.1) is 0 Å². The van der Waals surface area contributed by atoms with Crippen molar-refractivity contribution in [1.29, 1.82) is 0 Å². The molecule has 194 valence electrons. The number of ether oxygens (including phenoxy) is 2. The van der Waals surface area contributed by atoms with Crippen molar-refractivity contribution >= 4 is 11.8 Å². The molecule has 9 heteroatoms. The molecule has 2 aliphatic rings. The van der Waals surface area contributed by atoms with Crippen molar-refractivity contribution in [3.63, 3.8) is 0 Å². The molecule has 0 saturated carbocycles. The van der Waals surface area contributed by atoms with Gasteiger partial charge in [0.15, 0.2) is 23.0 Å². The van der Waals surface area contributed by atoms with Crippen LogP contribution >= 0.6 is 0 Å². The molecule has 5 rings (SSSR count). The molecule has 0 unspecified atom stereocenters. The summed E-state index contributed by atoms with van der Waals surface area (Å²) in [5, 5.41) is 13.6. The minimum Gasteiger partial charge on any atom is -0.504 e. The summed E-state index contributed by atoms with van der Waals surface area (Å²) in [7, 11) is 1.57. The minimum absolute atomic E-state index is 0.00941. The van der Waals surface area contributed by atoms with Crippen LogP contribution in [0.4, 0.5) is 0 Å². The largest absolute Gasteiger partial charge is 0.504 e. The number of phenols is 1. The number of aromatic nitrogens is 2. The number of imidazole rings is 1. The van der Waals surface area contributed by atoms with E-state index in [4.69, 9.17) is 9.47 Å². The molecule has 2 aliphatic heterocycles. The van der Waals surface area contributed by atoms with Crippen LogP contribution in [0.3, 0.4) is 0 Å². The summed E-state index contributed by atoms with van der Waals surface area (Å²) in [6.07, 6.45) is 5.63. The number of carbonyl (C=O) groups excluding carboxylic acids is 2. The summed E-state index contributed by atoms with van der Waals surface area (Å²) in [6.45, 7) is 3.54. The van der Waals surface area contributed by atoms with E-state index in [9.17, 15) is 14.7 Å². The fourth-order valence-corrected chi connectivity index (χ4v) is 5.18. The van der Waals surface area contributed by atoms with Crippen molar-refractivity contribution in [2.45, 2.75) is 51.1 Å². The molecule has 2 amide bonds. The Morgan fingerprint density at radius 2 is 2.05 bits per heavy atom. The van der Waals surface area contributed by atoms with Gasteiger partial charge >= 0.3 is 0 Å². The van der Waals surface area contributed by atoms with Gasteiger partial charge in [-0.3, -0.25) is 9.59 Å². The molecule has 2 aromatic carbocycles. The second kappa shape index (κ2) is 10.5. The Morgan fingerprint density at radius 3 is 2.86 bits per heavy atom. The number of hydrogen-bond acceptors (Lipinski definition) is 6. The Hall–Kier alpha value is -4.01. The summed E-state index contributed by atoms with van der Waals surface area (Å²) >= 11 is 0. The number of aryl methyl sites for hydroxylation is 3. The van der Waals surface area contributed by atoms with Crippen LogP contribution < -0.4 is 14.8 Å². The summed E-state index contributed by atoms with van der Waals surface area (Å²) in [4.78, 5) is 32.3. The number of aromatic hydroxyl groups is 1. The summed E-state index contributed by atoms with van der Waals surface area (Å²) in [5.74, 6) is 2.13. The lowest BCUT2D eigenvalue weighted by molar-refractivity contribution is -0.130. The maximum absolute atomic E-state index is 13.2. The Bertz CT molecular complexity index is 1300. The van der Waals surface area contributed by atoms with Crippen LogP contribution in [0.15, 0.2) is 48.8 Å². The average Bonchev–Trinajstić information content (AvgIpc) is 3.54. The highest BCUT2D eigenvalue weighted by molar-refractivity contribution is 5.79. The standard InChI is InChI=1S/C28H32N4O5/c1-3-26-29-11-13-31(26)12-10-28(35)32-16-20-19-6-8-23(36-2)25(15-19)37-24-14-18(4-7-22(24)33)5-9-27(34)30-21(20)17-32/h4,6-8,11,13-15,20-21,33H,3,5,9-10,12,16-17H2,1-2H3,(H,30,34)/t20-,21+/m0/s1. The van der Waals surface area contributed by atoms with E-state index in [0.29, 0.717) is 56.1 Å². The minimum atomic E-state index is -0.227. The van der Waals surface area contributed by atoms with Crippen LogP contribution in [-0.4, -0.2) is 57.6 Å². The number of fused-ring (bicyclic) bond motifs is 6. The predicted octanol–water partition coefficient (Wildman–Crippen LogP) is 3.40. The first-order chi connectivity index (χ1) is 17.9. The van der Waals surface area contributed by atoms with Crippen LogP contribution in [-0.2, 0) is 29.0 Å². The molecule has 2 N–H and O–H groups in total. The number of hydrogen-bond donors (Lipinski definition) is 2. The number of rotatable bonds is 5. The molecule has 0 radical (unpaired) electrons. The zero-order chi connectivity index (χ0) is 25.9. The van der Waals surface area contributed by atoms with Crippen molar-refractivity contribution in [3.8, 4) is 23.0 Å². The number of phenolic OH excluding ortho intramolecular Hbond substituents is 1. The number of methoxy groups -OCH3 is 1.